The van der Waals surface area contributed by atoms with Gasteiger partial charge in [0.25, 0.3) is 0 Å². The molecule has 258 valence electrons. The molecule has 0 aliphatic heterocycles. The molecule has 4 aromatic heterocycles. The third-order valence-corrected chi connectivity index (χ3v) is 11.2. The molecule has 8 heteroatoms. The van der Waals surface area contributed by atoms with Crippen molar-refractivity contribution in [3.8, 4) is 28.3 Å². The monoisotopic (exact) mass is 718 g/mol. The highest BCUT2D eigenvalue weighted by molar-refractivity contribution is 6.14. The lowest BCUT2D eigenvalue weighted by atomic mass is 9.95. The highest BCUT2D eigenvalue weighted by atomic mass is 16.1. The number of pyridine rings is 4. The molecule has 11 aromatic rings. The zero-order valence-corrected chi connectivity index (χ0v) is 29.1. The van der Waals surface area contributed by atoms with Crippen LogP contribution in [-0.2, 0) is 0 Å². The standard InChI is InChI=1S/C48H22N4O4/c1-50-30-16-14-27(15-17-30)29-19-36-44-38(21-29)48(56)34-22-33-41(23-42(34)52(44)40-9-5-3-7-32(40)46(36)54)51-39-8-4-2-6-31(39)45(53)35-18-28(20-37(43(35)51)47(33)55)26-12-10-25(24-49)11-13-26/h2-23H. The van der Waals surface area contributed by atoms with Crippen LogP contribution in [0.1, 0.15) is 5.56 Å². The Morgan fingerprint density at radius 2 is 0.839 bits per heavy atom. The van der Waals surface area contributed by atoms with Crippen LogP contribution < -0.4 is 21.7 Å². The minimum Gasteiger partial charge on any atom is -0.307 e. The lowest BCUT2D eigenvalue weighted by molar-refractivity contribution is 1.29. The summed E-state index contributed by atoms with van der Waals surface area (Å²) in [6, 6.07) is 41.3. The molecule has 0 N–H and O–H groups in total. The summed E-state index contributed by atoms with van der Waals surface area (Å²) in [6.45, 7) is 7.37. The number of nitrogens with zero attached hydrogens (tertiary/aromatic N) is 4. The summed E-state index contributed by atoms with van der Waals surface area (Å²) in [7, 11) is 0. The van der Waals surface area contributed by atoms with Gasteiger partial charge in [-0.1, -0.05) is 60.7 Å². The third kappa shape index (κ3) is 4.10. The molecule has 0 aliphatic rings. The number of rotatable bonds is 2. The first kappa shape index (κ1) is 31.3. The molecule has 4 heterocycles. The van der Waals surface area contributed by atoms with Crippen molar-refractivity contribution in [3.05, 3.63) is 191 Å². The van der Waals surface area contributed by atoms with Crippen LogP contribution in [0.25, 0.3) is 103 Å². The van der Waals surface area contributed by atoms with E-state index in [0.29, 0.717) is 98.6 Å². The second-order valence-electron chi connectivity index (χ2n) is 14.1. The highest BCUT2D eigenvalue weighted by Gasteiger charge is 2.23. The maximum Gasteiger partial charge on any atom is 0.197 e. The Labute approximate surface area is 314 Å². The van der Waals surface area contributed by atoms with Crippen molar-refractivity contribution in [1.29, 1.82) is 5.26 Å². The van der Waals surface area contributed by atoms with Crippen LogP contribution in [0.15, 0.2) is 153 Å². The Bertz CT molecular complexity index is 3660. The van der Waals surface area contributed by atoms with Gasteiger partial charge in [0.15, 0.2) is 27.4 Å². The van der Waals surface area contributed by atoms with Crippen LogP contribution >= 0.6 is 0 Å². The first-order valence-electron chi connectivity index (χ1n) is 17.8. The summed E-state index contributed by atoms with van der Waals surface area (Å²) < 4.78 is 3.89. The maximum absolute atomic E-state index is 14.9. The van der Waals surface area contributed by atoms with Crippen molar-refractivity contribution < 1.29 is 0 Å². The summed E-state index contributed by atoms with van der Waals surface area (Å²) in [5.74, 6) is 0. The van der Waals surface area contributed by atoms with E-state index in [2.05, 4.69) is 10.9 Å². The molecule has 8 nitrogen and oxygen atoms in total. The van der Waals surface area contributed by atoms with Crippen molar-refractivity contribution in [1.82, 2.24) is 8.80 Å². The molecule has 56 heavy (non-hydrogen) atoms. The summed E-state index contributed by atoms with van der Waals surface area (Å²) in [5, 5.41) is 12.3. The molecule has 0 bridgehead atoms. The average Bonchev–Trinajstić information content (AvgIpc) is 3.25. The SMILES string of the molecule is [C-]#[N+]c1ccc(-c2cc3c(=O)c4ccccc4n4c5cc6c(cc5c(=O)c(c2)c34)c(=O)c2cc(-c3ccc(C#N)cc3)cc3c(=O)c4ccccc4n6c32)cc1. The molecule has 0 atom stereocenters. The van der Waals surface area contributed by atoms with E-state index >= 15 is 0 Å². The Morgan fingerprint density at radius 1 is 0.429 bits per heavy atom. The third-order valence-electron chi connectivity index (χ3n) is 11.2. The maximum atomic E-state index is 14.9. The van der Waals surface area contributed by atoms with Gasteiger partial charge >= 0.3 is 0 Å². The molecule has 0 saturated carbocycles. The first-order valence-corrected chi connectivity index (χ1v) is 17.8. The number of hydrogen-bond acceptors (Lipinski definition) is 5. The fourth-order valence-corrected chi connectivity index (χ4v) is 8.60. The first-order chi connectivity index (χ1) is 27.3. The Kier molecular flexibility index (Phi) is 6.24. The van der Waals surface area contributed by atoms with Crippen LogP contribution in [0.2, 0.25) is 0 Å². The number of fused-ring (bicyclic) bond motifs is 8. The van der Waals surface area contributed by atoms with Gasteiger partial charge < -0.3 is 8.80 Å². The fourth-order valence-electron chi connectivity index (χ4n) is 8.60. The van der Waals surface area contributed by atoms with Gasteiger partial charge in [-0.3, -0.25) is 19.2 Å². The number of para-hydroxylation sites is 2. The van der Waals surface area contributed by atoms with E-state index in [1.54, 1.807) is 91.0 Å². The number of benzene rings is 7. The number of aromatic nitrogens is 2. The summed E-state index contributed by atoms with van der Waals surface area (Å²) in [6.07, 6.45) is 0. The summed E-state index contributed by atoms with van der Waals surface area (Å²) in [5.41, 5.74) is 5.84. The van der Waals surface area contributed by atoms with Gasteiger partial charge in [-0.25, -0.2) is 4.85 Å². The molecule has 0 fully saturated rings. The molecule has 0 amide bonds. The van der Waals surface area contributed by atoms with Crippen LogP contribution in [0, 0.1) is 17.9 Å². The Balaban J connectivity index is 1.36. The van der Waals surface area contributed by atoms with Gasteiger partial charge in [-0.15, -0.1) is 0 Å². The van der Waals surface area contributed by atoms with Gasteiger partial charge in [-0.05, 0) is 95.1 Å². The van der Waals surface area contributed by atoms with Crippen LogP contribution in [0.3, 0.4) is 0 Å². The predicted octanol–water partition coefficient (Wildman–Crippen LogP) is 9.18. The van der Waals surface area contributed by atoms with Gasteiger partial charge in [-0.2, -0.15) is 5.26 Å². The second kappa shape index (κ2) is 11.2. The van der Waals surface area contributed by atoms with E-state index in [4.69, 9.17) is 6.57 Å². The molecule has 11 rings (SSSR count). The number of hydrogen-bond donors (Lipinski definition) is 0. The van der Waals surface area contributed by atoms with Crippen LogP contribution in [0.5, 0.6) is 0 Å². The fraction of sp³-hybridized carbons (Fsp3) is 0. The van der Waals surface area contributed by atoms with Gasteiger partial charge in [0, 0.05) is 43.1 Å². The lowest BCUT2D eigenvalue weighted by Gasteiger charge is -2.19. The quantitative estimate of drug-likeness (QED) is 0.101. The van der Waals surface area contributed by atoms with Crippen molar-refractivity contribution in [2.24, 2.45) is 0 Å². The van der Waals surface area contributed by atoms with E-state index in [1.165, 1.54) is 0 Å². The highest BCUT2D eigenvalue weighted by Crippen LogP contribution is 2.36. The minimum atomic E-state index is -0.333. The zero-order valence-electron chi connectivity index (χ0n) is 29.1. The normalized spacial score (nSPS) is 11.8. The zero-order chi connectivity index (χ0) is 38.0. The van der Waals surface area contributed by atoms with Gasteiger partial charge in [0.05, 0.1) is 51.3 Å². The smallest absolute Gasteiger partial charge is 0.197 e. The number of nitriles is 1. The molecule has 0 unspecified atom stereocenters. The molecular formula is C48H22N4O4. The molecule has 0 aliphatic carbocycles. The van der Waals surface area contributed by atoms with E-state index in [0.717, 1.165) is 11.1 Å². The van der Waals surface area contributed by atoms with Crippen molar-refractivity contribution in [3.63, 3.8) is 0 Å². The Hall–Kier alpha value is -8.20. The summed E-state index contributed by atoms with van der Waals surface area (Å²) in [4.78, 5) is 61.7. The topological polar surface area (TPSA) is 105 Å². The van der Waals surface area contributed by atoms with Crippen molar-refractivity contribution >= 4 is 81.9 Å². The molecule has 0 spiro atoms. The molecule has 0 radical (unpaired) electrons. The van der Waals surface area contributed by atoms with E-state index < -0.39 is 0 Å². The van der Waals surface area contributed by atoms with Crippen molar-refractivity contribution in [2.75, 3.05) is 0 Å². The second-order valence-corrected chi connectivity index (χ2v) is 14.1. The van der Waals surface area contributed by atoms with E-state index in [1.807, 2.05) is 51.3 Å². The summed E-state index contributed by atoms with van der Waals surface area (Å²) >= 11 is 0. The van der Waals surface area contributed by atoms with Crippen molar-refractivity contribution in [2.45, 2.75) is 0 Å². The van der Waals surface area contributed by atoms with Crippen LogP contribution in [0.4, 0.5) is 5.69 Å². The molecule has 0 saturated heterocycles. The van der Waals surface area contributed by atoms with E-state index in [9.17, 15) is 24.4 Å². The van der Waals surface area contributed by atoms with Gasteiger partial charge in [0.1, 0.15) is 0 Å². The van der Waals surface area contributed by atoms with Crippen LogP contribution in [-0.4, -0.2) is 8.80 Å². The molecular weight excluding hydrogens is 697 g/mol. The molecule has 7 aromatic carbocycles. The van der Waals surface area contributed by atoms with Gasteiger partial charge in [0.2, 0.25) is 0 Å². The lowest BCUT2D eigenvalue weighted by Crippen LogP contribution is -2.17. The average molecular weight is 719 g/mol. The predicted molar refractivity (Wildman–Crippen MR) is 223 cm³/mol. The van der Waals surface area contributed by atoms with E-state index in [-0.39, 0.29) is 21.7 Å². The minimum absolute atomic E-state index is 0.211. The largest absolute Gasteiger partial charge is 0.307 e. The Morgan fingerprint density at radius 3 is 1.27 bits per heavy atom.